The summed E-state index contributed by atoms with van der Waals surface area (Å²) in [6.07, 6.45) is 0.589. The second kappa shape index (κ2) is 11.4. The van der Waals surface area contributed by atoms with Crippen LogP contribution < -0.4 is 5.32 Å². The fourth-order valence-corrected chi connectivity index (χ4v) is 3.89. The summed E-state index contributed by atoms with van der Waals surface area (Å²) >= 11 is 0. The van der Waals surface area contributed by atoms with Crippen LogP contribution in [-0.2, 0) is 29.0 Å². The molecule has 4 nitrogen and oxygen atoms in total. The van der Waals surface area contributed by atoms with Gasteiger partial charge in [-0.15, -0.1) is 0 Å². The molecule has 3 aromatic rings. The number of benzene rings is 3. The molecule has 0 fully saturated rings. The molecule has 3 rings (SSSR count). The van der Waals surface area contributed by atoms with E-state index in [0.29, 0.717) is 13.0 Å². The summed E-state index contributed by atoms with van der Waals surface area (Å²) in [5, 5.41) is 2.89. The van der Waals surface area contributed by atoms with Crippen LogP contribution in [0.1, 0.15) is 34.7 Å². The Bertz CT molecular complexity index is 1080. The van der Waals surface area contributed by atoms with Crippen molar-refractivity contribution in [3.05, 3.63) is 106 Å². The Hall–Kier alpha value is -3.47. The molecular formula is C28H31FN2O2. The number of nitrogens with one attached hydrogen (secondary N) is 1. The van der Waals surface area contributed by atoms with Crippen molar-refractivity contribution in [2.75, 3.05) is 6.54 Å². The van der Waals surface area contributed by atoms with Gasteiger partial charge in [0.2, 0.25) is 11.8 Å². The Labute approximate surface area is 195 Å². The van der Waals surface area contributed by atoms with Crippen LogP contribution in [0, 0.1) is 19.7 Å². The van der Waals surface area contributed by atoms with E-state index in [1.54, 1.807) is 17.0 Å². The smallest absolute Gasteiger partial charge is 0.243 e. The van der Waals surface area contributed by atoms with Gasteiger partial charge in [0.1, 0.15) is 11.9 Å². The van der Waals surface area contributed by atoms with Crippen LogP contribution in [0.3, 0.4) is 0 Å². The minimum atomic E-state index is -0.685. The van der Waals surface area contributed by atoms with Gasteiger partial charge < -0.3 is 10.2 Å². The molecule has 33 heavy (non-hydrogen) atoms. The lowest BCUT2D eigenvalue weighted by atomic mass is 9.99. The first-order valence-corrected chi connectivity index (χ1v) is 11.3. The third-order valence-corrected chi connectivity index (χ3v) is 5.73. The minimum Gasteiger partial charge on any atom is -0.355 e. The Morgan fingerprint density at radius 2 is 1.64 bits per heavy atom. The van der Waals surface area contributed by atoms with E-state index in [9.17, 15) is 14.0 Å². The van der Waals surface area contributed by atoms with Crippen molar-refractivity contribution in [2.24, 2.45) is 0 Å². The van der Waals surface area contributed by atoms with E-state index in [-0.39, 0.29) is 30.6 Å². The van der Waals surface area contributed by atoms with Gasteiger partial charge in [-0.2, -0.15) is 0 Å². The summed E-state index contributed by atoms with van der Waals surface area (Å²) in [5.41, 5.74) is 4.80. The number of likely N-dealkylation sites (N-methyl/N-ethyl adjacent to an activating group) is 1. The molecule has 0 saturated carbocycles. The Kier molecular flexibility index (Phi) is 8.36. The zero-order valence-electron chi connectivity index (χ0n) is 19.5. The summed E-state index contributed by atoms with van der Waals surface area (Å²) in [6, 6.07) is 21.1. The van der Waals surface area contributed by atoms with Crippen LogP contribution in [0.2, 0.25) is 0 Å². The molecule has 172 valence electrons. The lowest BCUT2D eigenvalue weighted by Gasteiger charge is -2.32. The highest BCUT2D eigenvalue weighted by Gasteiger charge is 2.30. The van der Waals surface area contributed by atoms with Crippen molar-refractivity contribution in [2.45, 2.75) is 46.2 Å². The molecule has 0 heterocycles. The largest absolute Gasteiger partial charge is 0.355 e. The van der Waals surface area contributed by atoms with Crippen molar-refractivity contribution in [1.29, 1.82) is 0 Å². The number of carbonyl (C=O) groups is 2. The lowest BCUT2D eigenvalue weighted by molar-refractivity contribution is -0.140. The number of hydrogen-bond donors (Lipinski definition) is 1. The summed E-state index contributed by atoms with van der Waals surface area (Å²) in [6.45, 7) is 6.53. The highest BCUT2D eigenvalue weighted by molar-refractivity contribution is 5.89. The van der Waals surface area contributed by atoms with Crippen LogP contribution in [0.5, 0.6) is 0 Å². The number of hydrogen-bond acceptors (Lipinski definition) is 2. The Morgan fingerprint density at radius 1 is 0.939 bits per heavy atom. The van der Waals surface area contributed by atoms with Crippen LogP contribution in [-0.4, -0.2) is 29.3 Å². The van der Waals surface area contributed by atoms with Gasteiger partial charge in [-0.25, -0.2) is 4.39 Å². The van der Waals surface area contributed by atoms with Gasteiger partial charge in [-0.3, -0.25) is 9.59 Å². The summed E-state index contributed by atoms with van der Waals surface area (Å²) in [7, 11) is 0. The van der Waals surface area contributed by atoms with E-state index in [0.717, 1.165) is 27.8 Å². The number of rotatable bonds is 9. The van der Waals surface area contributed by atoms with Crippen LogP contribution in [0.4, 0.5) is 4.39 Å². The van der Waals surface area contributed by atoms with Gasteiger partial charge in [0.15, 0.2) is 0 Å². The maximum atomic E-state index is 13.7. The molecule has 0 saturated heterocycles. The standard InChI is InChI=1S/C28H31FN2O2/c1-4-30-28(33)26(17-22-8-6-5-7-9-22)31(19-23-12-14-25(29)15-13-23)27(32)18-24-16-20(2)10-11-21(24)3/h5-16,26H,4,17-19H2,1-3H3,(H,30,33)/t26-/m0/s1. The van der Waals surface area contributed by atoms with Crippen LogP contribution in [0.15, 0.2) is 72.8 Å². The molecule has 0 aliphatic rings. The van der Waals surface area contributed by atoms with Gasteiger partial charge in [0.25, 0.3) is 0 Å². The molecule has 0 aliphatic heterocycles. The van der Waals surface area contributed by atoms with Gasteiger partial charge in [0.05, 0.1) is 6.42 Å². The van der Waals surface area contributed by atoms with Crippen molar-refractivity contribution in [1.82, 2.24) is 10.2 Å². The average Bonchev–Trinajstić information content (AvgIpc) is 2.80. The van der Waals surface area contributed by atoms with Crippen LogP contribution >= 0.6 is 0 Å². The highest BCUT2D eigenvalue weighted by Crippen LogP contribution is 2.19. The predicted octanol–water partition coefficient (Wildman–Crippen LogP) is 4.76. The number of aryl methyl sites for hydroxylation is 2. The van der Waals surface area contributed by atoms with Crippen molar-refractivity contribution in [3.8, 4) is 0 Å². The fourth-order valence-electron chi connectivity index (χ4n) is 3.89. The zero-order chi connectivity index (χ0) is 23.8. The van der Waals surface area contributed by atoms with Gasteiger partial charge in [-0.1, -0.05) is 66.2 Å². The van der Waals surface area contributed by atoms with Gasteiger partial charge in [-0.05, 0) is 55.2 Å². The van der Waals surface area contributed by atoms with Crippen molar-refractivity contribution >= 4 is 11.8 Å². The molecule has 5 heteroatoms. The summed E-state index contributed by atoms with van der Waals surface area (Å²) in [5.74, 6) is -0.672. The second-order valence-corrected chi connectivity index (χ2v) is 8.35. The van der Waals surface area contributed by atoms with E-state index in [2.05, 4.69) is 5.32 Å². The molecule has 0 bridgehead atoms. The zero-order valence-corrected chi connectivity index (χ0v) is 19.5. The first-order chi connectivity index (χ1) is 15.9. The van der Waals surface area contributed by atoms with Crippen molar-refractivity contribution < 1.29 is 14.0 Å². The quantitative estimate of drug-likeness (QED) is 0.515. The first-order valence-electron chi connectivity index (χ1n) is 11.3. The lowest BCUT2D eigenvalue weighted by Crippen LogP contribution is -2.51. The van der Waals surface area contributed by atoms with Gasteiger partial charge >= 0.3 is 0 Å². The normalized spacial score (nSPS) is 11.6. The van der Waals surface area contributed by atoms with Crippen molar-refractivity contribution in [3.63, 3.8) is 0 Å². The minimum absolute atomic E-state index is 0.139. The summed E-state index contributed by atoms with van der Waals surface area (Å²) in [4.78, 5) is 28.4. The molecule has 0 aliphatic carbocycles. The molecule has 1 atom stereocenters. The molecule has 0 spiro atoms. The number of nitrogens with zero attached hydrogens (tertiary/aromatic N) is 1. The topological polar surface area (TPSA) is 49.4 Å². The maximum absolute atomic E-state index is 13.7. The third kappa shape index (κ3) is 6.75. The Morgan fingerprint density at radius 3 is 2.30 bits per heavy atom. The van der Waals surface area contributed by atoms with Crippen LogP contribution in [0.25, 0.3) is 0 Å². The van der Waals surface area contributed by atoms with Gasteiger partial charge in [0, 0.05) is 19.5 Å². The second-order valence-electron chi connectivity index (χ2n) is 8.35. The average molecular weight is 447 g/mol. The fraction of sp³-hybridized carbons (Fsp3) is 0.286. The molecule has 0 unspecified atom stereocenters. The molecule has 3 aromatic carbocycles. The number of amides is 2. The van der Waals surface area contributed by atoms with E-state index in [1.807, 2.05) is 69.3 Å². The number of carbonyl (C=O) groups excluding carboxylic acids is 2. The number of halogens is 1. The highest BCUT2D eigenvalue weighted by atomic mass is 19.1. The molecular weight excluding hydrogens is 415 g/mol. The Balaban J connectivity index is 1.97. The monoisotopic (exact) mass is 446 g/mol. The SMILES string of the molecule is CCNC(=O)[C@H](Cc1ccccc1)N(Cc1ccc(F)cc1)C(=O)Cc1cc(C)ccc1C. The summed E-state index contributed by atoms with van der Waals surface area (Å²) < 4.78 is 13.5. The molecule has 1 N–H and O–H groups in total. The van der Waals surface area contributed by atoms with E-state index in [1.165, 1.54) is 12.1 Å². The predicted molar refractivity (Wildman–Crippen MR) is 129 cm³/mol. The van der Waals surface area contributed by atoms with E-state index in [4.69, 9.17) is 0 Å². The molecule has 0 aromatic heterocycles. The maximum Gasteiger partial charge on any atom is 0.243 e. The molecule has 2 amide bonds. The third-order valence-electron chi connectivity index (χ3n) is 5.73. The molecule has 0 radical (unpaired) electrons. The van der Waals surface area contributed by atoms with E-state index < -0.39 is 6.04 Å². The first kappa shape index (κ1) is 24.2. The van der Waals surface area contributed by atoms with E-state index >= 15 is 0 Å².